The van der Waals surface area contributed by atoms with Crippen LogP contribution in [0.4, 0.5) is 11.4 Å². The fraction of sp³-hybridized carbons (Fsp3) is 0.125. The number of anilines is 2. The average molecular weight is 347 g/mol. The van der Waals surface area contributed by atoms with Crippen LogP contribution in [0.5, 0.6) is 0 Å². The highest BCUT2D eigenvalue weighted by Gasteiger charge is 2.14. The lowest BCUT2D eigenvalue weighted by Crippen LogP contribution is -2.14. The van der Waals surface area contributed by atoms with Gasteiger partial charge in [-0.1, -0.05) is 12.1 Å². The van der Waals surface area contributed by atoms with Crippen LogP contribution < -0.4 is 15.8 Å². The van der Waals surface area contributed by atoms with Crippen molar-refractivity contribution in [2.24, 2.45) is 5.73 Å². The zero-order chi connectivity index (χ0) is 17.7. The van der Waals surface area contributed by atoms with Gasteiger partial charge in [0.15, 0.2) is 0 Å². The minimum atomic E-state index is -3.75. The number of nitrogens with two attached hydrogens (primary N) is 1. The second-order valence-corrected chi connectivity index (χ2v) is 6.83. The Bertz CT molecular complexity index is 844. The number of carbonyl (C=O) groups is 2. The standard InChI is InChI=1S/C16H17N3O4S/c1-11(20)18-13-6-8-15(9-7-13)24(22,23)19-14-4-2-12(3-5-14)10-16(17)21/h2-9,19H,10H2,1H3,(H2,17,21)(H,18,20). The van der Waals surface area contributed by atoms with E-state index in [1.807, 2.05) is 0 Å². The van der Waals surface area contributed by atoms with Crippen molar-refractivity contribution in [2.45, 2.75) is 18.2 Å². The molecule has 0 saturated heterocycles. The van der Waals surface area contributed by atoms with Gasteiger partial charge in [-0.25, -0.2) is 8.42 Å². The summed E-state index contributed by atoms with van der Waals surface area (Å²) in [5, 5.41) is 2.56. The number of hydrogen-bond donors (Lipinski definition) is 3. The summed E-state index contributed by atoms with van der Waals surface area (Å²) in [6, 6.07) is 12.2. The molecule has 0 atom stereocenters. The van der Waals surface area contributed by atoms with Crippen molar-refractivity contribution in [1.29, 1.82) is 0 Å². The van der Waals surface area contributed by atoms with Crippen molar-refractivity contribution in [3.8, 4) is 0 Å². The van der Waals surface area contributed by atoms with Gasteiger partial charge in [0, 0.05) is 18.3 Å². The van der Waals surface area contributed by atoms with Gasteiger partial charge in [-0.3, -0.25) is 14.3 Å². The van der Waals surface area contributed by atoms with Crippen molar-refractivity contribution in [2.75, 3.05) is 10.0 Å². The van der Waals surface area contributed by atoms with Crippen molar-refractivity contribution >= 4 is 33.2 Å². The quantitative estimate of drug-likeness (QED) is 0.733. The number of carbonyl (C=O) groups excluding carboxylic acids is 2. The molecule has 8 heteroatoms. The van der Waals surface area contributed by atoms with E-state index in [0.717, 1.165) is 0 Å². The van der Waals surface area contributed by atoms with Gasteiger partial charge in [-0.15, -0.1) is 0 Å². The molecule has 0 bridgehead atoms. The summed E-state index contributed by atoms with van der Waals surface area (Å²) in [4.78, 5) is 21.9. The second-order valence-electron chi connectivity index (χ2n) is 5.15. The molecule has 0 heterocycles. The average Bonchev–Trinajstić information content (AvgIpc) is 2.48. The van der Waals surface area contributed by atoms with Crippen LogP contribution in [0.1, 0.15) is 12.5 Å². The maximum absolute atomic E-state index is 12.3. The highest BCUT2D eigenvalue weighted by atomic mass is 32.2. The van der Waals surface area contributed by atoms with Crippen LogP contribution in [0.25, 0.3) is 0 Å². The van der Waals surface area contributed by atoms with E-state index in [1.165, 1.54) is 31.2 Å². The van der Waals surface area contributed by atoms with E-state index in [0.29, 0.717) is 16.9 Å². The fourth-order valence-electron chi connectivity index (χ4n) is 2.03. The maximum Gasteiger partial charge on any atom is 0.261 e. The smallest absolute Gasteiger partial charge is 0.261 e. The largest absolute Gasteiger partial charge is 0.369 e. The molecular weight excluding hydrogens is 330 g/mol. The Balaban J connectivity index is 2.12. The van der Waals surface area contributed by atoms with Gasteiger partial charge in [0.2, 0.25) is 11.8 Å². The first-order valence-electron chi connectivity index (χ1n) is 7.04. The number of benzene rings is 2. The van der Waals surface area contributed by atoms with Crippen LogP contribution >= 0.6 is 0 Å². The summed E-state index contributed by atoms with van der Waals surface area (Å²) in [6.07, 6.45) is 0.0949. The third-order valence-corrected chi connectivity index (χ3v) is 4.47. The molecule has 0 aliphatic rings. The van der Waals surface area contributed by atoms with Gasteiger partial charge in [0.25, 0.3) is 10.0 Å². The van der Waals surface area contributed by atoms with Gasteiger partial charge in [-0.2, -0.15) is 0 Å². The van der Waals surface area contributed by atoms with E-state index in [-0.39, 0.29) is 17.2 Å². The molecule has 0 spiro atoms. The van der Waals surface area contributed by atoms with Crippen LogP contribution in [-0.4, -0.2) is 20.2 Å². The molecule has 2 amide bonds. The molecule has 0 unspecified atom stereocenters. The molecule has 0 saturated carbocycles. The predicted molar refractivity (Wildman–Crippen MR) is 90.9 cm³/mol. The number of primary amides is 1. The highest BCUT2D eigenvalue weighted by molar-refractivity contribution is 7.92. The summed E-state index contributed by atoms with van der Waals surface area (Å²) < 4.78 is 27.1. The lowest BCUT2D eigenvalue weighted by Gasteiger charge is -2.09. The molecule has 4 N–H and O–H groups in total. The summed E-state index contributed by atoms with van der Waals surface area (Å²) in [5.74, 6) is -0.692. The number of hydrogen-bond acceptors (Lipinski definition) is 4. The van der Waals surface area contributed by atoms with Crippen molar-refractivity contribution in [3.63, 3.8) is 0 Å². The molecule has 2 aromatic carbocycles. The SMILES string of the molecule is CC(=O)Nc1ccc(S(=O)(=O)Nc2ccc(CC(N)=O)cc2)cc1. The summed E-state index contributed by atoms with van der Waals surface area (Å²) >= 11 is 0. The molecule has 7 nitrogen and oxygen atoms in total. The van der Waals surface area contributed by atoms with E-state index in [4.69, 9.17) is 5.73 Å². The number of rotatable bonds is 6. The van der Waals surface area contributed by atoms with Gasteiger partial charge >= 0.3 is 0 Å². The van der Waals surface area contributed by atoms with E-state index in [1.54, 1.807) is 24.3 Å². The third-order valence-electron chi connectivity index (χ3n) is 3.07. The highest BCUT2D eigenvalue weighted by Crippen LogP contribution is 2.19. The molecule has 0 aliphatic heterocycles. The first-order valence-corrected chi connectivity index (χ1v) is 8.52. The summed E-state index contributed by atoms with van der Waals surface area (Å²) in [6.45, 7) is 1.37. The Morgan fingerprint density at radius 1 is 0.958 bits per heavy atom. The fourth-order valence-corrected chi connectivity index (χ4v) is 3.09. The zero-order valence-corrected chi connectivity index (χ0v) is 13.8. The maximum atomic E-state index is 12.3. The Morgan fingerprint density at radius 3 is 2.00 bits per heavy atom. The van der Waals surface area contributed by atoms with Gasteiger partial charge in [0.05, 0.1) is 11.3 Å². The predicted octanol–water partition coefficient (Wildman–Crippen LogP) is 1.47. The molecular formula is C16H17N3O4S. The van der Waals surface area contributed by atoms with Crippen molar-refractivity contribution < 1.29 is 18.0 Å². The minimum Gasteiger partial charge on any atom is -0.369 e. The topological polar surface area (TPSA) is 118 Å². The molecule has 0 fully saturated rings. The summed E-state index contributed by atoms with van der Waals surface area (Å²) in [7, 11) is -3.75. The third kappa shape index (κ3) is 4.82. The molecule has 2 aromatic rings. The zero-order valence-electron chi connectivity index (χ0n) is 12.9. The van der Waals surface area contributed by atoms with Crippen LogP contribution in [0.3, 0.4) is 0 Å². The normalized spacial score (nSPS) is 10.9. The van der Waals surface area contributed by atoms with Gasteiger partial charge in [-0.05, 0) is 42.0 Å². The minimum absolute atomic E-state index is 0.0674. The molecule has 0 aromatic heterocycles. The Labute approximate surface area is 139 Å². The van der Waals surface area contributed by atoms with Crippen LogP contribution in [-0.2, 0) is 26.0 Å². The van der Waals surface area contributed by atoms with E-state index in [2.05, 4.69) is 10.0 Å². The molecule has 24 heavy (non-hydrogen) atoms. The Morgan fingerprint density at radius 2 is 1.50 bits per heavy atom. The molecule has 2 rings (SSSR count). The second kappa shape index (κ2) is 7.14. The lowest BCUT2D eigenvalue weighted by atomic mass is 10.1. The number of amides is 2. The molecule has 0 radical (unpaired) electrons. The van der Waals surface area contributed by atoms with E-state index in [9.17, 15) is 18.0 Å². The Kier molecular flexibility index (Phi) is 5.20. The summed E-state index contributed by atoms with van der Waals surface area (Å²) in [5.41, 5.74) is 6.69. The van der Waals surface area contributed by atoms with E-state index >= 15 is 0 Å². The first-order chi connectivity index (χ1) is 11.3. The number of sulfonamides is 1. The van der Waals surface area contributed by atoms with Gasteiger partial charge in [0.1, 0.15) is 0 Å². The van der Waals surface area contributed by atoms with E-state index < -0.39 is 15.9 Å². The van der Waals surface area contributed by atoms with Crippen LogP contribution in [0.2, 0.25) is 0 Å². The van der Waals surface area contributed by atoms with Crippen LogP contribution in [0, 0.1) is 0 Å². The monoisotopic (exact) mass is 347 g/mol. The van der Waals surface area contributed by atoms with Crippen molar-refractivity contribution in [1.82, 2.24) is 0 Å². The van der Waals surface area contributed by atoms with Crippen LogP contribution in [0.15, 0.2) is 53.4 Å². The van der Waals surface area contributed by atoms with Crippen molar-refractivity contribution in [3.05, 3.63) is 54.1 Å². The Hall–Kier alpha value is -2.87. The number of nitrogens with one attached hydrogen (secondary N) is 2. The van der Waals surface area contributed by atoms with Gasteiger partial charge < -0.3 is 11.1 Å². The molecule has 126 valence electrons. The molecule has 0 aliphatic carbocycles. The first kappa shape index (κ1) is 17.5. The lowest BCUT2D eigenvalue weighted by molar-refractivity contribution is -0.117.